The number of hydrogen-bond acceptors (Lipinski definition) is 3. The monoisotopic (exact) mass is 270 g/mol. The number of hydrogen-bond donors (Lipinski definition) is 1. The van der Waals surface area contributed by atoms with E-state index in [1.54, 1.807) is 25.1 Å². The van der Waals surface area contributed by atoms with Crippen LogP contribution in [0.4, 0.5) is 5.69 Å². The Labute approximate surface area is 113 Å². The van der Waals surface area contributed by atoms with Crippen molar-refractivity contribution in [2.75, 3.05) is 32.1 Å². The van der Waals surface area contributed by atoms with Crippen molar-refractivity contribution in [2.24, 2.45) is 0 Å². The minimum absolute atomic E-state index is 0.0270. The smallest absolute Gasteiger partial charge is 0.241 e. The van der Waals surface area contributed by atoms with Crippen LogP contribution in [-0.4, -0.2) is 43.1 Å². The predicted octanol–water partition coefficient (Wildman–Crippen LogP) is 1.75. The summed E-state index contributed by atoms with van der Waals surface area (Å²) in [5.41, 5.74) is 1.57. The molecule has 0 spiro atoms. The SMILES string of the molecule is CCN(CC(=O)N(C)C)c1ccc(CO)cc1Cl. The molecule has 0 heterocycles. The average molecular weight is 271 g/mol. The lowest BCUT2D eigenvalue weighted by molar-refractivity contribution is -0.127. The molecule has 1 N–H and O–H groups in total. The van der Waals surface area contributed by atoms with Crippen LogP contribution < -0.4 is 4.90 Å². The molecule has 1 amide bonds. The average Bonchev–Trinajstić information content (AvgIpc) is 2.35. The zero-order valence-corrected chi connectivity index (χ0v) is 11.7. The van der Waals surface area contributed by atoms with Gasteiger partial charge in [-0.15, -0.1) is 0 Å². The van der Waals surface area contributed by atoms with Crippen molar-refractivity contribution in [1.82, 2.24) is 4.90 Å². The second-order valence-electron chi connectivity index (χ2n) is 4.25. The van der Waals surface area contributed by atoms with Crippen molar-refractivity contribution in [3.63, 3.8) is 0 Å². The standard InChI is InChI=1S/C13H19ClN2O2/c1-4-16(8-13(18)15(2)3)12-6-5-10(9-17)7-11(12)14/h5-7,17H,4,8-9H2,1-3H3. The summed E-state index contributed by atoms with van der Waals surface area (Å²) in [5.74, 6) is 0.0270. The van der Waals surface area contributed by atoms with E-state index in [9.17, 15) is 4.79 Å². The maximum atomic E-state index is 11.7. The fraction of sp³-hybridized carbons (Fsp3) is 0.462. The molecular weight excluding hydrogens is 252 g/mol. The van der Waals surface area contributed by atoms with Crippen LogP contribution in [0.1, 0.15) is 12.5 Å². The number of aliphatic hydroxyl groups is 1. The molecule has 4 nitrogen and oxygen atoms in total. The quantitative estimate of drug-likeness (QED) is 0.887. The molecule has 0 radical (unpaired) electrons. The van der Waals surface area contributed by atoms with Gasteiger partial charge in [0.15, 0.2) is 0 Å². The Kier molecular flexibility index (Phi) is 5.44. The molecule has 1 aromatic carbocycles. The minimum atomic E-state index is -0.0389. The fourth-order valence-electron chi connectivity index (χ4n) is 1.58. The van der Waals surface area contributed by atoms with E-state index in [1.807, 2.05) is 24.0 Å². The summed E-state index contributed by atoms with van der Waals surface area (Å²) in [4.78, 5) is 15.2. The van der Waals surface area contributed by atoms with Crippen LogP contribution in [0.15, 0.2) is 18.2 Å². The largest absolute Gasteiger partial charge is 0.392 e. The normalized spacial score (nSPS) is 10.3. The third kappa shape index (κ3) is 3.62. The third-order valence-corrected chi connectivity index (χ3v) is 3.04. The fourth-order valence-corrected chi connectivity index (χ4v) is 1.90. The molecule has 0 saturated carbocycles. The molecule has 0 aliphatic heterocycles. The third-order valence-electron chi connectivity index (χ3n) is 2.74. The number of nitrogens with zero attached hydrogens (tertiary/aromatic N) is 2. The molecule has 1 aromatic rings. The number of amides is 1. The van der Waals surface area contributed by atoms with Gasteiger partial charge < -0.3 is 14.9 Å². The van der Waals surface area contributed by atoms with Crippen molar-refractivity contribution in [1.29, 1.82) is 0 Å². The summed E-state index contributed by atoms with van der Waals surface area (Å²) in [6.45, 7) is 2.92. The zero-order chi connectivity index (χ0) is 13.7. The lowest BCUT2D eigenvalue weighted by Crippen LogP contribution is -2.36. The van der Waals surface area contributed by atoms with Crippen molar-refractivity contribution in [3.8, 4) is 0 Å². The number of likely N-dealkylation sites (N-methyl/N-ethyl adjacent to an activating group) is 2. The summed E-state index contributed by atoms with van der Waals surface area (Å²) in [6.07, 6.45) is 0. The van der Waals surface area contributed by atoms with Gasteiger partial charge in [0.2, 0.25) is 5.91 Å². The highest BCUT2D eigenvalue weighted by atomic mass is 35.5. The van der Waals surface area contributed by atoms with Crippen molar-refractivity contribution < 1.29 is 9.90 Å². The van der Waals surface area contributed by atoms with E-state index in [-0.39, 0.29) is 12.5 Å². The molecule has 0 unspecified atom stereocenters. The Morgan fingerprint density at radius 2 is 2.06 bits per heavy atom. The number of carbonyl (C=O) groups is 1. The maximum Gasteiger partial charge on any atom is 0.241 e. The number of aliphatic hydroxyl groups excluding tert-OH is 1. The first-order valence-electron chi connectivity index (χ1n) is 5.84. The van der Waals surface area contributed by atoms with E-state index in [4.69, 9.17) is 16.7 Å². The Hall–Kier alpha value is -1.26. The molecule has 100 valence electrons. The number of halogens is 1. The topological polar surface area (TPSA) is 43.8 Å². The van der Waals surface area contributed by atoms with Crippen molar-refractivity contribution in [2.45, 2.75) is 13.5 Å². The molecule has 0 aliphatic rings. The van der Waals surface area contributed by atoms with Crippen LogP contribution in [0.25, 0.3) is 0 Å². The van der Waals surface area contributed by atoms with Crippen LogP contribution in [0.2, 0.25) is 5.02 Å². The molecule has 18 heavy (non-hydrogen) atoms. The van der Waals surface area contributed by atoms with E-state index in [2.05, 4.69) is 0 Å². The summed E-state index contributed by atoms with van der Waals surface area (Å²) >= 11 is 6.17. The molecule has 0 fully saturated rings. The van der Waals surface area contributed by atoms with Crippen LogP contribution in [0.5, 0.6) is 0 Å². The van der Waals surface area contributed by atoms with E-state index in [0.29, 0.717) is 18.1 Å². The van der Waals surface area contributed by atoms with Crippen LogP contribution in [-0.2, 0) is 11.4 Å². The van der Waals surface area contributed by atoms with E-state index in [0.717, 1.165) is 11.3 Å². The molecule has 0 aromatic heterocycles. The highest BCUT2D eigenvalue weighted by molar-refractivity contribution is 6.33. The Morgan fingerprint density at radius 3 is 2.50 bits per heavy atom. The second-order valence-corrected chi connectivity index (χ2v) is 4.65. The number of benzene rings is 1. The molecule has 0 atom stereocenters. The van der Waals surface area contributed by atoms with Gasteiger partial charge in [-0.1, -0.05) is 17.7 Å². The van der Waals surface area contributed by atoms with Crippen LogP contribution in [0, 0.1) is 0 Å². The lowest BCUT2D eigenvalue weighted by atomic mass is 10.2. The van der Waals surface area contributed by atoms with E-state index in [1.165, 1.54) is 0 Å². The highest BCUT2D eigenvalue weighted by Crippen LogP contribution is 2.26. The van der Waals surface area contributed by atoms with Gasteiger partial charge >= 0.3 is 0 Å². The molecule has 0 bridgehead atoms. The van der Waals surface area contributed by atoms with Gasteiger partial charge in [-0.25, -0.2) is 0 Å². The van der Waals surface area contributed by atoms with Gasteiger partial charge in [-0.05, 0) is 24.6 Å². The second kappa shape index (κ2) is 6.61. The van der Waals surface area contributed by atoms with Gasteiger partial charge in [0, 0.05) is 20.6 Å². The molecule has 0 saturated heterocycles. The van der Waals surface area contributed by atoms with Crippen LogP contribution >= 0.6 is 11.6 Å². The summed E-state index contributed by atoms with van der Waals surface area (Å²) in [6, 6.07) is 5.37. The minimum Gasteiger partial charge on any atom is -0.392 e. The van der Waals surface area contributed by atoms with Crippen molar-refractivity contribution in [3.05, 3.63) is 28.8 Å². The molecular formula is C13H19ClN2O2. The summed E-state index contributed by atoms with van der Waals surface area (Å²) in [7, 11) is 3.46. The Balaban J connectivity index is 2.91. The van der Waals surface area contributed by atoms with E-state index < -0.39 is 0 Å². The highest BCUT2D eigenvalue weighted by Gasteiger charge is 2.14. The maximum absolute atomic E-state index is 11.7. The number of rotatable bonds is 5. The summed E-state index contributed by atoms with van der Waals surface area (Å²) < 4.78 is 0. The number of anilines is 1. The van der Waals surface area contributed by atoms with Gasteiger partial charge in [-0.3, -0.25) is 4.79 Å². The van der Waals surface area contributed by atoms with Gasteiger partial charge in [0.25, 0.3) is 0 Å². The molecule has 5 heteroatoms. The van der Waals surface area contributed by atoms with Gasteiger partial charge in [0.1, 0.15) is 0 Å². The summed E-state index contributed by atoms with van der Waals surface area (Å²) in [5, 5.41) is 9.58. The van der Waals surface area contributed by atoms with E-state index >= 15 is 0 Å². The predicted molar refractivity (Wildman–Crippen MR) is 74.0 cm³/mol. The van der Waals surface area contributed by atoms with Gasteiger partial charge in [-0.2, -0.15) is 0 Å². The van der Waals surface area contributed by atoms with Crippen LogP contribution in [0.3, 0.4) is 0 Å². The molecule has 1 rings (SSSR count). The van der Waals surface area contributed by atoms with Gasteiger partial charge in [0.05, 0.1) is 23.9 Å². The lowest BCUT2D eigenvalue weighted by Gasteiger charge is -2.25. The van der Waals surface area contributed by atoms with Crippen molar-refractivity contribution >= 4 is 23.2 Å². The Bertz CT molecular complexity index is 421. The zero-order valence-electron chi connectivity index (χ0n) is 11.0. The Morgan fingerprint density at radius 1 is 1.39 bits per heavy atom. The first-order valence-corrected chi connectivity index (χ1v) is 6.21. The first kappa shape index (κ1) is 14.8. The molecule has 0 aliphatic carbocycles. The number of carbonyl (C=O) groups excluding carboxylic acids is 1. The first-order chi connectivity index (χ1) is 8.49.